The van der Waals surface area contributed by atoms with Crippen molar-refractivity contribution in [1.29, 1.82) is 0 Å². The zero-order valence-corrected chi connectivity index (χ0v) is 12.3. The van der Waals surface area contributed by atoms with Crippen molar-refractivity contribution in [2.75, 3.05) is 0 Å². The van der Waals surface area contributed by atoms with Crippen LogP contribution in [-0.4, -0.2) is 5.91 Å². The normalized spacial score (nSPS) is 12.8. The molecular formula is C18H21NO. The molecule has 2 aromatic rings. The third kappa shape index (κ3) is 3.47. The summed E-state index contributed by atoms with van der Waals surface area (Å²) >= 11 is 0. The van der Waals surface area contributed by atoms with Gasteiger partial charge in [-0.05, 0) is 23.1 Å². The molecule has 0 unspecified atom stereocenters. The Morgan fingerprint density at radius 2 is 1.40 bits per heavy atom. The van der Waals surface area contributed by atoms with E-state index in [1.807, 2.05) is 48.5 Å². The number of nitrogens with one attached hydrogen (secondary N) is 1. The second-order valence-corrected chi connectivity index (χ2v) is 6.05. The van der Waals surface area contributed by atoms with Crippen LogP contribution < -0.4 is 5.32 Å². The first-order chi connectivity index (χ1) is 9.48. The number of benzene rings is 2. The summed E-state index contributed by atoms with van der Waals surface area (Å²) in [4.78, 5) is 12.4. The van der Waals surface area contributed by atoms with E-state index < -0.39 is 0 Å². The van der Waals surface area contributed by atoms with Gasteiger partial charge in [0.25, 0.3) is 5.91 Å². The minimum Gasteiger partial charge on any atom is -0.345 e. The number of carbonyl (C=O) groups is 1. The Balaban J connectivity index is 2.24. The van der Waals surface area contributed by atoms with Crippen molar-refractivity contribution in [3.05, 3.63) is 71.8 Å². The molecule has 1 N–H and O–H groups in total. The summed E-state index contributed by atoms with van der Waals surface area (Å²) < 4.78 is 0. The Morgan fingerprint density at radius 3 is 1.90 bits per heavy atom. The van der Waals surface area contributed by atoms with Crippen LogP contribution in [0.5, 0.6) is 0 Å². The Kier molecular flexibility index (Phi) is 4.23. The van der Waals surface area contributed by atoms with Gasteiger partial charge in [-0.2, -0.15) is 0 Å². The highest BCUT2D eigenvalue weighted by Crippen LogP contribution is 2.32. The molecule has 1 amide bonds. The van der Waals surface area contributed by atoms with Crippen molar-refractivity contribution in [3.63, 3.8) is 0 Å². The summed E-state index contributed by atoms with van der Waals surface area (Å²) in [7, 11) is 0. The smallest absolute Gasteiger partial charge is 0.251 e. The topological polar surface area (TPSA) is 29.1 Å². The molecular weight excluding hydrogens is 246 g/mol. The van der Waals surface area contributed by atoms with E-state index >= 15 is 0 Å². The van der Waals surface area contributed by atoms with Crippen molar-refractivity contribution in [2.24, 2.45) is 5.41 Å². The second-order valence-electron chi connectivity index (χ2n) is 6.05. The minimum absolute atomic E-state index is 0.0172. The summed E-state index contributed by atoms with van der Waals surface area (Å²) in [5.41, 5.74) is 1.77. The molecule has 0 aliphatic heterocycles. The number of hydrogen-bond acceptors (Lipinski definition) is 1. The van der Waals surface area contributed by atoms with E-state index in [1.165, 1.54) is 0 Å². The van der Waals surface area contributed by atoms with Gasteiger partial charge in [-0.15, -0.1) is 0 Å². The summed E-state index contributed by atoms with van der Waals surface area (Å²) in [6.07, 6.45) is 0. The van der Waals surface area contributed by atoms with Crippen molar-refractivity contribution < 1.29 is 4.79 Å². The Hall–Kier alpha value is -2.09. The molecule has 2 rings (SSSR count). The molecule has 0 saturated carbocycles. The van der Waals surface area contributed by atoms with Crippen molar-refractivity contribution in [3.8, 4) is 0 Å². The third-order valence-corrected chi connectivity index (χ3v) is 3.31. The fourth-order valence-electron chi connectivity index (χ4n) is 2.25. The van der Waals surface area contributed by atoms with Gasteiger partial charge in [0.2, 0.25) is 0 Å². The largest absolute Gasteiger partial charge is 0.345 e. The fourth-order valence-corrected chi connectivity index (χ4v) is 2.25. The number of amides is 1. The maximum atomic E-state index is 12.4. The minimum atomic E-state index is -0.0498. The highest BCUT2D eigenvalue weighted by molar-refractivity contribution is 5.94. The lowest BCUT2D eigenvalue weighted by molar-refractivity contribution is 0.0902. The lowest BCUT2D eigenvalue weighted by Gasteiger charge is -2.32. The molecule has 1 atom stereocenters. The van der Waals surface area contributed by atoms with Gasteiger partial charge in [-0.1, -0.05) is 69.3 Å². The third-order valence-electron chi connectivity index (χ3n) is 3.31. The zero-order chi connectivity index (χ0) is 14.6. The Morgan fingerprint density at radius 1 is 0.900 bits per heavy atom. The van der Waals surface area contributed by atoms with Crippen LogP contribution in [0.15, 0.2) is 60.7 Å². The lowest BCUT2D eigenvalue weighted by Crippen LogP contribution is -2.36. The molecule has 2 heteroatoms. The van der Waals surface area contributed by atoms with E-state index in [-0.39, 0.29) is 17.4 Å². The highest BCUT2D eigenvalue weighted by Gasteiger charge is 2.27. The van der Waals surface area contributed by atoms with Crippen LogP contribution in [0.25, 0.3) is 0 Å². The van der Waals surface area contributed by atoms with Crippen LogP contribution in [0.1, 0.15) is 42.7 Å². The molecule has 20 heavy (non-hydrogen) atoms. The highest BCUT2D eigenvalue weighted by atomic mass is 16.1. The molecule has 0 bridgehead atoms. The van der Waals surface area contributed by atoms with Gasteiger partial charge in [0, 0.05) is 5.56 Å². The van der Waals surface area contributed by atoms with Gasteiger partial charge in [0.05, 0.1) is 6.04 Å². The van der Waals surface area contributed by atoms with Gasteiger partial charge >= 0.3 is 0 Å². The molecule has 0 radical (unpaired) electrons. The summed E-state index contributed by atoms with van der Waals surface area (Å²) in [6.45, 7) is 6.40. The van der Waals surface area contributed by atoms with E-state index in [1.54, 1.807) is 0 Å². The van der Waals surface area contributed by atoms with Crippen LogP contribution in [-0.2, 0) is 0 Å². The Bertz CT molecular complexity index is 555. The molecule has 2 aromatic carbocycles. The first-order valence-electron chi connectivity index (χ1n) is 6.89. The standard InChI is InChI=1S/C18H21NO/c1-18(2,3)16(14-10-6-4-7-11-14)19-17(20)15-12-8-5-9-13-15/h4-13,16H,1-3H3,(H,19,20)/t16-/m0/s1. The van der Waals surface area contributed by atoms with Crippen LogP contribution >= 0.6 is 0 Å². The summed E-state index contributed by atoms with van der Waals surface area (Å²) in [5.74, 6) is -0.0330. The van der Waals surface area contributed by atoms with E-state index in [0.29, 0.717) is 5.56 Å². The van der Waals surface area contributed by atoms with E-state index in [2.05, 4.69) is 38.2 Å². The zero-order valence-electron chi connectivity index (χ0n) is 12.3. The van der Waals surface area contributed by atoms with E-state index in [4.69, 9.17) is 0 Å². The average molecular weight is 267 g/mol. The molecule has 0 saturated heterocycles. The SMILES string of the molecule is CC(C)(C)[C@@H](NC(=O)c1ccccc1)c1ccccc1. The number of hydrogen-bond donors (Lipinski definition) is 1. The molecule has 2 nitrogen and oxygen atoms in total. The molecule has 0 aliphatic rings. The summed E-state index contributed by atoms with van der Waals surface area (Å²) in [6, 6.07) is 19.4. The first-order valence-corrected chi connectivity index (χ1v) is 6.89. The van der Waals surface area contributed by atoms with Crippen LogP contribution in [0.3, 0.4) is 0 Å². The van der Waals surface area contributed by atoms with Crippen molar-refractivity contribution >= 4 is 5.91 Å². The molecule has 0 heterocycles. The maximum absolute atomic E-state index is 12.4. The predicted octanol–water partition coefficient (Wildman–Crippen LogP) is 4.20. The quantitative estimate of drug-likeness (QED) is 0.887. The Labute approximate surface area is 120 Å². The van der Waals surface area contributed by atoms with Gasteiger partial charge in [0.1, 0.15) is 0 Å². The predicted molar refractivity (Wildman–Crippen MR) is 82.5 cm³/mol. The number of rotatable bonds is 3. The van der Waals surface area contributed by atoms with E-state index in [0.717, 1.165) is 5.56 Å². The van der Waals surface area contributed by atoms with E-state index in [9.17, 15) is 4.79 Å². The molecule has 0 aromatic heterocycles. The van der Waals surface area contributed by atoms with Crippen molar-refractivity contribution in [1.82, 2.24) is 5.32 Å². The van der Waals surface area contributed by atoms with Gasteiger partial charge in [0.15, 0.2) is 0 Å². The first kappa shape index (κ1) is 14.3. The fraction of sp³-hybridized carbons (Fsp3) is 0.278. The van der Waals surface area contributed by atoms with Crippen LogP contribution in [0.2, 0.25) is 0 Å². The van der Waals surface area contributed by atoms with Crippen LogP contribution in [0.4, 0.5) is 0 Å². The molecule has 0 aliphatic carbocycles. The van der Waals surface area contributed by atoms with Crippen LogP contribution in [0, 0.1) is 5.41 Å². The molecule has 0 fully saturated rings. The maximum Gasteiger partial charge on any atom is 0.251 e. The van der Waals surface area contributed by atoms with Gasteiger partial charge in [-0.3, -0.25) is 4.79 Å². The summed E-state index contributed by atoms with van der Waals surface area (Å²) in [5, 5.41) is 3.15. The average Bonchev–Trinajstić information content (AvgIpc) is 2.45. The second kappa shape index (κ2) is 5.91. The molecule has 0 spiro atoms. The number of carbonyl (C=O) groups excluding carboxylic acids is 1. The monoisotopic (exact) mass is 267 g/mol. The van der Waals surface area contributed by atoms with Gasteiger partial charge in [-0.25, -0.2) is 0 Å². The van der Waals surface area contributed by atoms with Gasteiger partial charge < -0.3 is 5.32 Å². The molecule has 104 valence electrons. The van der Waals surface area contributed by atoms with Crippen molar-refractivity contribution in [2.45, 2.75) is 26.8 Å². The lowest BCUT2D eigenvalue weighted by atomic mass is 9.82.